The lowest BCUT2D eigenvalue weighted by Crippen LogP contribution is -2.32. The number of aliphatic imine (C=N–C) groups is 1. The van der Waals surface area contributed by atoms with Gasteiger partial charge in [0.25, 0.3) is 10.0 Å². The van der Waals surface area contributed by atoms with Crippen molar-refractivity contribution in [2.45, 2.75) is 9.79 Å². The lowest BCUT2D eigenvalue weighted by Gasteiger charge is -2.20. The molecule has 0 aromatic heterocycles. The van der Waals surface area contributed by atoms with Crippen LogP contribution in [0.4, 0.5) is 4.39 Å². The summed E-state index contributed by atoms with van der Waals surface area (Å²) in [6.45, 7) is 0.589. The molecule has 0 bridgehead atoms. The van der Waals surface area contributed by atoms with Crippen molar-refractivity contribution in [3.63, 3.8) is 0 Å². The van der Waals surface area contributed by atoms with Gasteiger partial charge in [0.15, 0.2) is 5.17 Å². The third kappa shape index (κ3) is 3.36. The van der Waals surface area contributed by atoms with Crippen LogP contribution in [0.5, 0.6) is 0 Å². The molecule has 0 unspecified atom stereocenters. The molecule has 3 rings (SSSR count). The molecule has 0 saturated carbocycles. The van der Waals surface area contributed by atoms with E-state index in [2.05, 4.69) is 4.99 Å². The maximum absolute atomic E-state index is 13.8. The molecule has 120 valence electrons. The number of hydrogen-bond donors (Lipinski definition) is 0. The maximum atomic E-state index is 13.8. The molecule has 0 radical (unpaired) electrons. The molecule has 0 spiro atoms. The zero-order valence-electron chi connectivity index (χ0n) is 11.8. The van der Waals surface area contributed by atoms with Gasteiger partial charge in [0.05, 0.1) is 22.9 Å². The Labute approximate surface area is 143 Å². The van der Waals surface area contributed by atoms with Crippen molar-refractivity contribution in [2.24, 2.45) is 4.99 Å². The quantitative estimate of drug-likeness (QED) is 0.828. The Balaban J connectivity index is 1.89. The Bertz CT molecular complexity index is 854. The van der Waals surface area contributed by atoms with Crippen molar-refractivity contribution >= 4 is 38.6 Å². The Morgan fingerprint density at radius 2 is 1.83 bits per heavy atom. The van der Waals surface area contributed by atoms with E-state index in [9.17, 15) is 12.8 Å². The minimum absolute atomic E-state index is 0.130. The van der Waals surface area contributed by atoms with E-state index in [4.69, 9.17) is 11.6 Å². The highest BCUT2D eigenvalue weighted by atomic mass is 35.5. The number of halogens is 2. The minimum Gasteiger partial charge on any atom is -0.260 e. The Morgan fingerprint density at radius 1 is 1.13 bits per heavy atom. The van der Waals surface area contributed by atoms with Crippen LogP contribution in [0, 0.1) is 5.82 Å². The average molecular weight is 371 g/mol. The highest BCUT2D eigenvalue weighted by Gasteiger charge is 2.31. The second-order valence-electron chi connectivity index (χ2n) is 4.73. The number of hydrogen-bond acceptors (Lipinski definition) is 4. The number of rotatable bonds is 3. The minimum atomic E-state index is -3.74. The lowest BCUT2D eigenvalue weighted by atomic mass is 10.4. The Morgan fingerprint density at radius 3 is 2.52 bits per heavy atom. The van der Waals surface area contributed by atoms with Gasteiger partial charge in [-0.25, -0.2) is 17.1 Å². The van der Waals surface area contributed by atoms with Gasteiger partial charge < -0.3 is 0 Å². The van der Waals surface area contributed by atoms with Gasteiger partial charge in [-0.1, -0.05) is 23.7 Å². The SMILES string of the molecule is O=S(=O)(c1ccc(Cl)cc1)N1CCN=C1Sc1ccccc1F. The van der Waals surface area contributed by atoms with Gasteiger partial charge in [-0.3, -0.25) is 4.99 Å². The predicted molar refractivity (Wildman–Crippen MR) is 89.9 cm³/mol. The van der Waals surface area contributed by atoms with Crippen molar-refractivity contribution in [2.75, 3.05) is 13.1 Å². The van der Waals surface area contributed by atoms with Crippen LogP contribution in [0.3, 0.4) is 0 Å². The van der Waals surface area contributed by atoms with Gasteiger partial charge >= 0.3 is 0 Å². The summed E-state index contributed by atoms with van der Waals surface area (Å²) in [5.41, 5.74) is 0. The monoisotopic (exact) mass is 370 g/mol. The number of benzene rings is 2. The van der Waals surface area contributed by atoms with E-state index < -0.39 is 15.8 Å². The third-order valence-electron chi connectivity index (χ3n) is 3.20. The normalized spacial score (nSPS) is 14.9. The average Bonchev–Trinajstić information content (AvgIpc) is 2.99. The summed E-state index contributed by atoms with van der Waals surface area (Å²) < 4.78 is 40.4. The fourth-order valence-electron chi connectivity index (χ4n) is 2.08. The van der Waals surface area contributed by atoms with Crippen LogP contribution < -0.4 is 0 Å². The molecule has 0 atom stereocenters. The van der Waals surface area contributed by atoms with Crippen molar-refractivity contribution < 1.29 is 12.8 Å². The fourth-order valence-corrected chi connectivity index (χ4v) is 4.79. The molecular formula is C15H12ClFN2O2S2. The molecule has 1 heterocycles. The third-order valence-corrected chi connectivity index (χ3v) is 6.46. The zero-order chi connectivity index (χ0) is 16.4. The summed E-state index contributed by atoms with van der Waals surface area (Å²) in [6, 6.07) is 12.1. The first-order chi connectivity index (χ1) is 11.0. The van der Waals surface area contributed by atoms with E-state index in [-0.39, 0.29) is 16.6 Å². The molecule has 0 fully saturated rings. The van der Waals surface area contributed by atoms with E-state index in [1.807, 2.05) is 0 Å². The van der Waals surface area contributed by atoms with Crippen LogP contribution in [0.15, 0.2) is 63.3 Å². The van der Waals surface area contributed by atoms with Crippen LogP contribution in [0.25, 0.3) is 0 Å². The van der Waals surface area contributed by atoms with Crippen molar-refractivity contribution in [3.05, 3.63) is 59.4 Å². The summed E-state index contributed by atoms with van der Waals surface area (Å²) in [5, 5.41) is 0.727. The van der Waals surface area contributed by atoms with E-state index in [0.29, 0.717) is 16.5 Å². The molecule has 1 aliphatic rings. The van der Waals surface area contributed by atoms with Crippen molar-refractivity contribution in [1.29, 1.82) is 0 Å². The molecule has 0 saturated heterocycles. The summed E-state index contributed by atoms with van der Waals surface area (Å²) >= 11 is 6.80. The van der Waals surface area contributed by atoms with Gasteiger partial charge in [0.1, 0.15) is 5.82 Å². The number of amidine groups is 1. The van der Waals surface area contributed by atoms with Crippen molar-refractivity contribution in [1.82, 2.24) is 4.31 Å². The molecule has 2 aromatic rings. The molecule has 1 aliphatic heterocycles. The van der Waals surface area contributed by atoms with Gasteiger partial charge in [0.2, 0.25) is 0 Å². The Kier molecular flexibility index (Phi) is 4.61. The van der Waals surface area contributed by atoms with Crippen LogP contribution in [-0.2, 0) is 10.0 Å². The predicted octanol–water partition coefficient (Wildman–Crippen LogP) is 3.63. The van der Waals surface area contributed by atoms with Gasteiger partial charge in [-0.15, -0.1) is 0 Å². The standard InChI is InChI=1S/C15H12ClFN2O2S2/c16-11-5-7-12(8-6-11)23(20,21)19-10-9-18-15(19)22-14-4-2-1-3-13(14)17/h1-8H,9-10H2. The molecule has 23 heavy (non-hydrogen) atoms. The van der Waals surface area contributed by atoms with E-state index in [0.717, 1.165) is 11.8 Å². The fraction of sp³-hybridized carbons (Fsp3) is 0.133. The van der Waals surface area contributed by atoms with Crippen LogP contribution in [0.2, 0.25) is 5.02 Å². The molecule has 2 aromatic carbocycles. The molecule has 0 aliphatic carbocycles. The van der Waals surface area contributed by atoms with E-state index in [1.54, 1.807) is 18.2 Å². The molecule has 4 nitrogen and oxygen atoms in total. The first-order valence-electron chi connectivity index (χ1n) is 6.73. The largest absolute Gasteiger partial charge is 0.265 e. The first-order valence-corrected chi connectivity index (χ1v) is 9.37. The lowest BCUT2D eigenvalue weighted by molar-refractivity contribution is 0.540. The summed E-state index contributed by atoms with van der Waals surface area (Å²) in [6.07, 6.45) is 0. The Hall–Kier alpha value is -1.57. The van der Waals surface area contributed by atoms with Gasteiger partial charge in [-0.05, 0) is 48.2 Å². The van der Waals surface area contributed by atoms with Gasteiger partial charge in [-0.2, -0.15) is 0 Å². The number of thioether (sulfide) groups is 1. The summed E-state index contributed by atoms with van der Waals surface area (Å²) in [7, 11) is -3.74. The summed E-state index contributed by atoms with van der Waals surface area (Å²) in [4.78, 5) is 4.66. The van der Waals surface area contributed by atoms with Crippen molar-refractivity contribution in [3.8, 4) is 0 Å². The molecule has 8 heteroatoms. The molecule has 0 N–H and O–H groups in total. The molecular weight excluding hydrogens is 359 g/mol. The smallest absolute Gasteiger partial charge is 0.260 e. The van der Waals surface area contributed by atoms with Crippen LogP contribution in [0.1, 0.15) is 0 Å². The highest BCUT2D eigenvalue weighted by Crippen LogP contribution is 2.30. The second-order valence-corrected chi connectivity index (χ2v) is 8.04. The first kappa shape index (κ1) is 16.3. The number of nitrogens with zero attached hydrogens (tertiary/aromatic N) is 2. The van der Waals surface area contributed by atoms with Gasteiger partial charge in [0, 0.05) is 5.02 Å². The van der Waals surface area contributed by atoms with E-state index >= 15 is 0 Å². The van der Waals surface area contributed by atoms with Crippen LogP contribution in [-0.4, -0.2) is 31.0 Å². The summed E-state index contributed by atoms with van der Waals surface area (Å²) in [5.74, 6) is -0.407. The zero-order valence-corrected chi connectivity index (χ0v) is 14.2. The van der Waals surface area contributed by atoms with E-state index in [1.165, 1.54) is 34.6 Å². The molecule has 0 amide bonds. The topological polar surface area (TPSA) is 49.7 Å². The van der Waals surface area contributed by atoms with Crippen LogP contribution >= 0.6 is 23.4 Å². The maximum Gasteiger partial charge on any atom is 0.265 e. The second kappa shape index (κ2) is 6.51. The number of sulfonamides is 1. The highest BCUT2D eigenvalue weighted by molar-refractivity contribution is 8.14.